The highest BCUT2D eigenvalue weighted by atomic mass is 32.1. The van der Waals surface area contributed by atoms with Gasteiger partial charge in [-0.25, -0.2) is 4.98 Å². The summed E-state index contributed by atoms with van der Waals surface area (Å²) < 4.78 is 0. The van der Waals surface area contributed by atoms with Crippen molar-refractivity contribution in [1.29, 1.82) is 0 Å². The van der Waals surface area contributed by atoms with Crippen LogP contribution in [0.1, 0.15) is 44.0 Å². The smallest absolute Gasteiger partial charge is 0.172 e. The van der Waals surface area contributed by atoms with Crippen LogP contribution in [0.2, 0.25) is 0 Å². The van der Waals surface area contributed by atoms with E-state index in [-0.39, 0.29) is 6.04 Å². The van der Waals surface area contributed by atoms with Crippen LogP contribution in [0, 0.1) is 12.8 Å². The van der Waals surface area contributed by atoms with Crippen molar-refractivity contribution in [1.82, 2.24) is 10.3 Å². The van der Waals surface area contributed by atoms with Crippen molar-refractivity contribution in [2.75, 3.05) is 23.3 Å². The quantitative estimate of drug-likeness (QED) is 0.767. The van der Waals surface area contributed by atoms with Crippen molar-refractivity contribution in [2.24, 2.45) is 5.92 Å². The molecule has 1 aromatic heterocycles. The molecule has 2 atom stereocenters. The van der Waals surface area contributed by atoms with Gasteiger partial charge in [-0.1, -0.05) is 25.1 Å². The van der Waals surface area contributed by atoms with E-state index in [9.17, 15) is 0 Å². The minimum atomic E-state index is 0.133. The molecule has 1 aliphatic rings. The van der Waals surface area contributed by atoms with E-state index in [1.165, 1.54) is 24.1 Å². The zero-order valence-electron chi connectivity index (χ0n) is 15.8. The Bertz CT molecular complexity index is 744. The van der Waals surface area contributed by atoms with Crippen molar-refractivity contribution in [3.8, 4) is 0 Å². The number of pyridine rings is 1. The summed E-state index contributed by atoms with van der Waals surface area (Å²) in [4.78, 5) is 6.91. The van der Waals surface area contributed by atoms with E-state index in [4.69, 9.17) is 12.2 Å². The second kappa shape index (κ2) is 8.49. The lowest BCUT2D eigenvalue weighted by Crippen LogP contribution is -2.34. The van der Waals surface area contributed by atoms with Gasteiger partial charge in [-0.05, 0) is 74.7 Å². The molecule has 1 aliphatic heterocycles. The molecule has 0 spiro atoms. The molecule has 0 bridgehead atoms. The second-order valence-electron chi connectivity index (χ2n) is 7.27. The molecule has 1 fully saturated rings. The third-order valence-electron chi connectivity index (χ3n) is 4.89. The van der Waals surface area contributed by atoms with Crippen LogP contribution in [0.15, 0.2) is 42.5 Å². The third kappa shape index (κ3) is 4.94. The van der Waals surface area contributed by atoms with Gasteiger partial charge in [0.1, 0.15) is 5.82 Å². The monoisotopic (exact) mass is 368 g/mol. The van der Waals surface area contributed by atoms with Gasteiger partial charge in [0.05, 0.1) is 6.04 Å². The molecule has 2 aromatic rings. The maximum Gasteiger partial charge on any atom is 0.172 e. The van der Waals surface area contributed by atoms with Crippen LogP contribution in [-0.2, 0) is 0 Å². The van der Waals surface area contributed by atoms with Crippen molar-refractivity contribution >= 4 is 28.8 Å². The van der Waals surface area contributed by atoms with Gasteiger partial charge >= 0.3 is 0 Å². The molecule has 1 aromatic carbocycles. The van der Waals surface area contributed by atoms with Gasteiger partial charge in [0.15, 0.2) is 5.11 Å². The topological polar surface area (TPSA) is 40.2 Å². The largest absolute Gasteiger partial charge is 0.371 e. The molecule has 0 amide bonds. The Morgan fingerprint density at radius 3 is 2.69 bits per heavy atom. The Labute approximate surface area is 162 Å². The van der Waals surface area contributed by atoms with Gasteiger partial charge in [0.2, 0.25) is 0 Å². The van der Waals surface area contributed by atoms with Crippen molar-refractivity contribution < 1.29 is 0 Å². The first-order chi connectivity index (χ1) is 12.5. The van der Waals surface area contributed by atoms with E-state index < -0.39 is 0 Å². The summed E-state index contributed by atoms with van der Waals surface area (Å²) in [5.74, 6) is 1.55. The molecular weight excluding hydrogens is 340 g/mol. The molecule has 138 valence electrons. The maximum atomic E-state index is 5.43. The number of thiocarbonyl (C=S) groups is 1. The Hall–Kier alpha value is -2.14. The van der Waals surface area contributed by atoms with Crippen molar-refractivity contribution in [2.45, 2.75) is 39.7 Å². The van der Waals surface area contributed by atoms with Gasteiger partial charge in [-0.2, -0.15) is 0 Å². The molecule has 26 heavy (non-hydrogen) atoms. The summed E-state index contributed by atoms with van der Waals surface area (Å²) >= 11 is 5.43. The highest BCUT2D eigenvalue weighted by Gasteiger charge is 2.17. The minimum Gasteiger partial charge on any atom is -0.371 e. The third-order valence-corrected chi connectivity index (χ3v) is 5.11. The van der Waals surface area contributed by atoms with Gasteiger partial charge in [0.25, 0.3) is 0 Å². The number of hydrogen-bond donors (Lipinski definition) is 2. The predicted octanol–water partition coefficient (Wildman–Crippen LogP) is 4.67. The van der Waals surface area contributed by atoms with E-state index in [1.54, 1.807) is 0 Å². The molecule has 0 aliphatic carbocycles. The fraction of sp³-hybridized carbons (Fsp3) is 0.429. The Balaban J connectivity index is 1.57. The van der Waals surface area contributed by atoms with Crippen LogP contribution < -0.4 is 15.5 Å². The highest BCUT2D eigenvalue weighted by molar-refractivity contribution is 7.80. The lowest BCUT2D eigenvalue weighted by molar-refractivity contribution is 0.447. The average molecular weight is 369 g/mol. The standard InChI is InChI=1S/C21H28N4S/c1-15-6-5-13-25(14-15)19-11-9-18(10-12-19)17(3)23-21(26)24-20-8-4-7-16(2)22-20/h4,7-12,15,17H,5-6,13-14H2,1-3H3,(H2,22,23,24,26)/t15-,17-/m1/s1. The van der Waals surface area contributed by atoms with Crippen LogP contribution in [0.25, 0.3) is 0 Å². The second-order valence-corrected chi connectivity index (χ2v) is 7.68. The number of rotatable bonds is 4. The molecule has 5 heteroatoms. The molecule has 1 saturated heterocycles. The SMILES string of the molecule is Cc1cccc(NC(=S)N[C@H](C)c2ccc(N3CCC[C@@H](C)C3)cc2)n1. The van der Waals surface area contributed by atoms with E-state index in [0.717, 1.165) is 30.5 Å². The number of piperidine rings is 1. The Kier molecular flexibility index (Phi) is 6.09. The minimum absolute atomic E-state index is 0.133. The summed E-state index contributed by atoms with van der Waals surface area (Å²) in [6.45, 7) is 8.74. The van der Waals surface area contributed by atoms with Crippen LogP contribution in [0.5, 0.6) is 0 Å². The van der Waals surface area contributed by atoms with Crippen LogP contribution in [0.3, 0.4) is 0 Å². The van der Waals surface area contributed by atoms with Crippen molar-refractivity contribution in [3.05, 3.63) is 53.7 Å². The predicted molar refractivity (Wildman–Crippen MR) is 114 cm³/mol. The molecule has 0 unspecified atom stereocenters. The fourth-order valence-electron chi connectivity index (χ4n) is 3.44. The molecule has 0 saturated carbocycles. The number of nitrogens with zero attached hydrogens (tertiary/aromatic N) is 2. The zero-order chi connectivity index (χ0) is 18.5. The molecule has 0 radical (unpaired) electrons. The normalized spacial score (nSPS) is 18.3. The summed E-state index contributed by atoms with van der Waals surface area (Å²) in [7, 11) is 0. The fourth-order valence-corrected chi connectivity index (χ4v) is 3.72. The van der Waals surface area contributed by atoms with Crippen LogP contribution in [0.4, 0.5) is 11.5 Å². The van der Waals surface area contributed by atoms with E-state index in [0.29, 0.717) is 5.11 Å². The lowest BCUT2D eigenvalue weighted by atomic mass is 9.99. The molecule has 2 N–H and O–H groups in total. The van der Waals surface area contributed by atoms with E-state index >= 15 is 0 Å². The molecule has 2 heterocycles. The molecular formula is C21H28N4S. The summed E-state index contributed by atoms with van der Waals surface area (Å²) in [5.41, 5.74) is 3.51. The number of aromatic nitrogens is 1. The van der Waals surface area contributed by atoms with E-state index in [2.05, 4.69) is 58.6 Å². The lowest BCUT2D eigenvalue weighted by Gasteiger charge is -2.33. The van der Waals surface area contributed by atoms with Gasteiger partial charge in [0, 0.05) is 24.5 Å². The Morgan fingerprint density at radius 1 is 1.23 bits per heavy atom. The maximum absolute atomic E-state index is 5.43. The number of nitrogens with one attached hydrogen (secondary N) is 2. The van der Waals surface area contributed by atoms with Gasteiger partial charge in [-0.3, -0.25) is 0 Å². The summed E-state index contributed by atoms with van der Waals surface area (Å²) in [6, 6.07) is 14.8. The number of aryl methyl sites for hydroxylation is 1. The van der Waals surface area contributed by atoms with Crippen LogP contribution >= 0.6 is 12.2 Å². The zero-order valence-corrected chi connectivity index (χ0v) is 16.6. The molecule has 4 nitrogen and oxygen atoms in total. The first kappa shape index (κ1) is 18.6. The average Bonchev–Trinajstić information content (AvgIpc) is 2.61. The van der Waals surface area contributed by atoms with Gasteiger partial charge < -0.3 is 15.5 Å². The number of hydrogen-bond acceptors (Lipinski definition) is 3. The van der Waals surface area contributed by atoms with Gasteiger partial charge in [-0.15, -0.1) is 0 Å². The number of anilines is 2. The van der Waals surface area contributed by atoms with Crippen LogP contribution in [-0.4, -0.2) is 23.2 Å². The van der Waals surface area contributed by atoms with Crippen molar-refractivity contribution in [3.63, 3.8) is 0 Å². The summed E-state index contributed by atoms with van der Waals surface area (Å²) in [5, 5.41) is 7.08. The summed E-state index contributed by atoms with van der Waals surface area (Å²) in [6.07, 6.45) is 2.63. The Morgan fingerprint density at radius 2 is 2.00 bits per heavy atom. The first-order valence-electron chi connectivity index (χ1n) is 9.37. The highest BCUT2D eigenvalue weighted by Crippen LogP contribution is 2.24. The first-order valence-corrected chi connectivity index (χ1v) is 9.78. The number of benzene rings is 1. The molecule has 3 rings (SSSR count). The van der Waals surface area contributed by atoms with E-state index in [1.807, 2.05) is 25.1 Å².